The maximum Gasteiger partial charge on any atom is 0.128 e. The Balaban J connectivity index is 1.66. The van der Waals surface area contributed by atoms with E-state index >= 15 is 0 Å². The van der Waals surface area contributed by atoms with Gasteiger partial charge in [-0.1, -0.05) is 18.2 Å². The molecule has 0 fully saturated rings. The third-order valence-corrected chi connectivity index (χ3v) is 3.27. The number of ether oxygens (including phenoxy) is 1. The summed E-state index contributed by atoms with van der Waals surface area (Å²) < 4.78 is 18.6. The van der Waals surface area contributed by atoms with Crippen LogP contribution in [-0.4, -0.2) is 24.4 Å². The molecule has 1 heterocycles. The van der Waals surface area contributed by atoms with E-state index in [0.29, 0.717) is 12.1 Å². The van der Waals surface area contributed by atoms with Crippen molar-refractivity contribution in [3.63, 3.8) is 0 Å². The quantitative estimate of drug-likeness (QED) is 0.820. The zero-order valence-corrected chi connectivity index (χ0v) is 11.2. The van der Waals surface area contributed by atoms with Gasteiger partial charge in [0.25, 0.3) is 0 Å². The summed E-state index contributed by atoms with van der Waals surface area (Å²) in [6.45, 7) is 0.752. The maximum absolute atomic E-state index is 13.3. The molecule has 5 heteroatoms. The minimum absolute atomic E-state index is 0.169. The van der Waals surface area contributed by atoms with Crippen molar-refractivity contribution in [3.8, 4) is 0 Å². The van der Waals surface area contributed by atoms with Crippen LogP contribution in [0.15, 0.2) is 41.1 Å². The molecule has 0 radical (unpaired) electrons. The van der Waals surface area contributed by atoms with Crippen molar-refractivity contribution in [1.29, 1.82) is 0 Å². The minimum atomic E-state index is -0.619. The van der Waals surface area contributed by atoms with Gasteiger partial charge in [0, 0.05) is 23.2 Å². The van der Waals surface area contributed by atoms with E-state index in [1.807, 2.05) is 16.8 Å². The first-order chi connectivity index (χ1) is 9.25. The summed E-state index contributed by atoms with van der Waals surface area (Å²) >= 11 is 1.59. The van der Waals surface area contributed by atoms with Crippen LogP contribution in [0.4, 0.5) is 10.1 Å². The van der Waals surface area contributed by atoms with E-state index in [1.165, 1.54) is 6.07 Å². The van der Waals surface area contributed by atoms with Gasteiger partial charge in [0.15, 0.2) is 0 Å². The lowest BCUT2D eigenvalue weighted by Crippen LogP contribution is -2.24. The molecule has 0 saturated carbocycles. The number of hydrogen-bond acceptors (Lipinski definition) is 4. The van der Waals surface area contributed by atoms with Crippen LogP contribution in [0, 0.1) is 5.82 Å². The smallest absolute Gasteiger partial charge is 0.128 e. The zero-order valence-electron chi connectivity index (χ0n) is 10.4. The summed E-state index contributed by atoms with van der Waals surface area (Å²) in [6.07, 6.45) is -0.619. The number of hydrogen-bond donors (Lipinski definition) is 2. The van der Waals surface area contributed by atoms with Crippen molar-refractivity contribution < 1.29 is 14.2 Å². The van der Waals surface area contributed by atoms with Crippen molar-refractivity contribution in [2.75, 3.05) is 18.5 Å². The van der Waals surface area contributed by atoms with Gasteiger partial charge in [-0.25, -0.2) is 4.39 Å². The van der Waals surface area contributed by atoms with Gasteiger partial charge in [0.2, 0.25) is 0 Å². The highest BCUT2D eigenvalue weighted by Crippen LogP contribution is 2.11. The first kappa shape index (κ1) is 14.0. The van der Waals surface area contributed by atoms with Crippen molar-refractivity contribution in [2.24, 2.45) is 0 Å². The molecule has 3 nitrogen and oxygen atoms in total. The van der Waals surface area contributed by atoms with Gasteiger partial charge < -0.3 is 15.2 Å². The second-order valence-electron chi connectivity index (χ2n) is 4.15. The molecule has 1 aromatic heterocycles. The molecule has 2 aromatic rings. The Hall–Kier alpha value is -1.43. The summed E-state index contributed by atoms with van der Waals surface area (Å²) in [5, 5.41) is 16.7. The molecule has 102 valence electrons. The van der Waals surface area contributed by atoms with Crippen LogP contribution >= 0.6 is 11.3 Å². The predicted octanol–water partition coefficient (Wildman–Crippen LogP) is 2.88. The standard InChI is InChI=1S/C14H16FNO2S/c15-14-4-2-1-3-11(14)8-18-9-13(17)7-16-12-5-6-19-10-12/h1-6,10,13,16-17H,7-9H2. The van der Waals surface area contributed by atoms with Crippen molar-refractivity contribution in [3.05, 3.63) is 52.5 Å². The fourth-order valence-corrected chi connectivity index (χ4v) is 2.19. The number of thiophene rings is 1. The van der Waals surface area contributed by atoms with E-state index in [2.05, 4.69) is 5.32 Å². The summed E-state index contributed by atoms with van der Waals surface area (Å²) in [7, 11) is 0. The number of aliphatic hydroxyl groups is 1. The van der Waals surface area contributed by atoms with Crippen LogP contribution in [-0.2, 0) is 11.3 Å². The lowest BCUT2D eigenvalue weighted by molar-refractivity contribution is 0.0338. The third-order valence-electron chi connectivity index (χ3n) is 2.59. The van der Waals surface area contributed by atoms with Crippen molar-refractivity contribution in [1.82, 2.24) is 0 Å². The highest BCUT2D eigenvalue weighted by Gasteiger charge is 2.06. The molecular formula is C14H16FNO2S. The molecule has 1 atom stereocenters. The number of aliphatic hydroxyl groups excluding tert-OH is 1. The number of rotatable bonds is 7. The Morgan fingerprint density at radius 3 is 2.89 bits per heavy atom. The second-order valence-corrected chi connectivity index (χ2v) is 4.93. The van der Waals surface area contributed by atoms with Crippen LogP contribution in [0.5, 0.6) is 0 Å². The predicted molar refractivity (Wildman–Crippen MR) is 74.9 cm³/mol. The Morgan fingerprint density at radius 1 is 1.32 bits per heavy atom. The molecule has 2 N–H and O–H groups in total. The van der Waals surface area contributed by atoms with Gasteiger partial charge in [0.05, 0.1) is 19.3 Å². The summed E-state index contributed by atoms with van der Waals surface area (Å²) in [5.74, 6) is -0.284. The van der Waals surface area contributed by atoms with Crippen LogP contribution in [0.25, 0.3) is 0 Å². The van der Waals surface area contributed by atoms with Gasteiger partial charge in [-0.3, -0.25) is 0 Å². The summed E-state index contributed by atoms with van der Waals surface area (Å²) in [6, 6.07) is 8.41. The van der Waals surface area contributed by atoms with Gasteiger partial charge in [-0.05, 0) is 17.5 Å². The summed E-state index contributed by atoms with van der Waals surface area (Å²) in [4.78, 5) is 0. The van der Waals surface area contributed by atoms with Crippen LogP contribution in [0.1, 0.15) is 5.56 Å². The Morgan fingerprint density at radius 2 is 2.16 bits per heavy atom. The van der Waals surface area contributed by atoms with E-state index in [0.717, 1.165) is 5.69 Å². The molecular weight excluding hydrogens is 265 g/mol. The van der Waals surface area contributed by atoms with E-state index < -0.39 is 6.10 Å². The van der Waals surface area contributed by atoms with Crippen LogP contribution in [0.3, 0.4) is 0 Å². The topological polar surface area (TPSA) is 41.5 Å². The molecule has 0 saturated heterocycles. The molecule has 0 aliphatic heterocycles. The number of halogens is 1. The van der Waals surface area contributed by atoms with E-state index in [9.17, 15) is 9.50 Å². The first-order valence-corrected chi connectivity index (χ1v) is 6.95. The molecule has 0 spiro atoms. The van der Waals surface area contributed by atoms with Crippen molar-refractivity contribution in [2.45, 2.75) is 12.7 Å². The van der Waals surface area contributed by atoms with Gasteiger partial charge in [0.1, 0.15) is 5.82 Å². The molecule has 0 aliphatic carbocycles. The Kier molecular flexibility index (Phi) is 5.32. The minimum Gasteiger partial charge on any atom is -0.389 e. The average Bonchev–Trinajstić information content (AvgIpc) is 2.92. The first-order valence-electron chi connectivity index (χ1n) is 6.01. The Bertz CT molecular complexity index is 490. The zero-order chi connectivity index (χ0) is 13.5. The van der Waals surface area contributed by atoms with Crippen LogP contribution < -0.4 is 5.32 Å². The summed E-state index contributed by atoms with van der Waals surface area (Å²) in [5.41, 5.74) is 1.48. The molecule has 2 rings (SSSR count). The van der Waals surface area contributed by atoms with Gasteiger partial charge in [-0.15, -0.1) is 0 Å². The monoisotopic (exact) mass is 281 g/mol. The van der Waals surface area contributed by atoms with Gasteiger partial charge >= 0.3 is 0 Å². The maximum atomic E-state index is 13.3. The van der Waals surface area contributed by atoms with Gasteiger partial charge in [-0.2, -0.15) is 11.3 Å². The molecule has 19 heavy (non-hydrogen) atoms. The normalized spacial score (nSPS) is 12.3. The number of nitrogens with one attached hydrogen (secondary N) is 1. The molecule has 0 aliphatic rings. The SMILES string of the molecule is OC(CNc1ccsc1)COCc1ccccc1F. The van der Waals surface area contributed by atoms with E-state index in [-0.39, 0.29) is 19.0 Å². The molecule has 1 unspecified atom stereocenters. The average molecular weight is 281 g/mol. The third kappa shape index (κ3) is 4.63. The molecule has 1 aromatic carbocycles. The van der Waals surface area contributed by atoms with Crippen LogP contribution in [0.2, 0.25) is 0 Å². The number of benzene rings is 1. The lowest BCUT2D eigenvalue weighted by atomic mass is 10.2. The highest BCUT2D eigenvalue weighted by atomic mass is 32.1. The highest BCUT2D eigenvalue weighted by molar-refractivity contribution is 7.08. The fourth-order valence-electron chi connectivity index (χ4n) is 1.58. The number of anilines is 1. The lowest BCUT2D eigenvalue weighted by Gasteiger charge is -2.12. The molecule has 0 bridgehead atoms. The fraction of sp³-hybridized carbons (Fsp3) is 0.286. The largest absolute Gasteiger partial charge is 0.389 e. The van der Waals surface area contributed by atoms with Crippen molar-refractivity contribution >= 4 is 17.0 Å². The van der Waals surface area contributed by atoms with E-state index in [1.54, 1.807) is 29.5 Å². The second kappa shape index (κ2) is 7.23. The Labute approximate surface area is 115 Å². The molecule has 0 amide bonds. The van der Waals surface area contributed by atoms with E-state index in [4.69, 9.17) is 4.74 Å².